The Hall–Kier alpha value is -3.52. The van der Waals surface area contributed by atoms with E-state index in [-0.39, 0.29) is 11.7 Å². The van der Waals surface area contributed by atoms with Crippen LogP contribution in [0.15, 0.2) is 59.3 Å². The highest BCUT2D eigenvalue weighted by atomic mass is 35.5. The van der Waals surface area contributed by atoms with Gasteiger partial charge in [0, 0.05) is 10.7 Å². The van der Waals surface area contributed by atoms with Crippen LogP contribution in [0.2, 0.25) is 5.02 Å². The maximum Gasteiger partial charge on any atom is 0.316 e. The van der Waals surface area contributed by atoms with Crippen LogP contribution in [-0.4, -0.2) is 31.0 Å². The van der Waals surface area contributed by atoms with Crippen molar-refractivity contribution in [1.29, 1.82) is 0 Å². The molecule has 0 saturated heterocycles. The van der Waals surface area contributed by atoms with Crippen LogP contribution in [0.1, 0.15) is 21.8 Å². The molecule has 0 radical (unpaired) electrons. The summed E-state index contributed by atoms with van der Waals surface area (Å²) in [7, 11) is 0. The molecule has 0 fully saturated rings. The Morgan fingerprint density at radius 2 is 1.89 bits per heavy atom. The molecule has 1 amide bonds. The largest absolute Gasteiger partial charge is 0.328 e. The number of anilines is 1. The third-order valence-electron chi connectivity index (χ3n) is 3.96. The first-order valence-electron chi connectivity index (χ1n) is 8.43. The molecule has 0 unspecified atom stereocenters. The predicted octanol–water partition coefficient (Wildman–Crippen LogP) is 3.59. The highest BCUT2D eigenvalue weighted by molar-refractivity contribution is 6.30. The molecule has 0 aliphatic carbocycles. The van der Waals surface area contributed by atoms with Gasteiger partial charge in [0.25, 0.3) is 0 Å². The monoisotopic (exact) mass is 394 g/mol. The molecule has 1 N–H and O–H groups in total. The Labute approximate surface area is 165 Å². The second-order valence-corrected chi connectivity index (χ2v) is 6.61. The van der Waals surface area contributed by atoms with Gasteiger partial charge in [-0.3, -0.25) is 4.79 Å². The van der Waals surface area contributed by atoms with Crippen molar-refractivity contribution in [2.75, 3.05) is 5.32 Å². The van der Waals surface area contributed by atoms with Crippen molar-refractivity contribution in [3.63, 3.8) is 0 Å². The van der Waals surface area contributed by atoms with Crippen molar-refractivity contribution in [2.24, 2.45) is 0 Å². The van der Waals surface area contributed by atoms with Crippen molar-refractivity contribution in [2.45, 2.75) is 13.5 Å². The molecular weight excluding hydrogens is 380 g/mol. The minimum absolute atomic E-state index is 0.168. The molecule has 2 aromatic carbocycles. The summed E-state index contributed by atoms with van der Waals surface area (Å²) in [5.41, 5.74) is 3.28. The number of carbonyl (C=O) groups is 1. The smallest absolute Gasteiger partial charge is 0.316 e. The van der Waals surface area contributed by atoms with Gasteiger partial charge in [-0.15, -0.1) is 5.10 Å². The molecule has 0 aliphatic rings. The Morgan fingerprint density at radius 3 is 2.64 bits per heavy atom. The Balaban J connectivity index is 1.45. The Morgan fingerprint density at radius 1 is 1.14 bits per heavy atom. The average Bonchev–Trinajstić information content (AvgIpc) is 3.35. The van der Waals surface area contributed by atoms with E-state index in [0.717, 1.165) is 5.56 Å². The molecule has 0 spiro atoms. The SMILES string of the molecule is Cc1ccc(Cn2cc(-c3noc(C(=O)Nc4ccc(Cl)cc4)n3)nn2)cc1. The van der Waals surface area contributed by atoms with Crippen molar-refractivity contribution < 1.29 is 9.32 Å². The lowest BCUT2D eigenvalue weighted by atomic mass is 10.1. The van der Waals surface area contributed by atoms with Gasteiger partial charge in [0.05, 0.1) is 12.7 Å². The van der Waals surface area contributed by atoms with Crippen LogP contribution in [0.4, 0.5) is 5.69 Å². The number of aryl methyl sites for hydroxylation is 1. The molecule has 140 valence electrons. The van der Waals surface area contributed by atoms with Gasteiger partial charge < -0.3 is 9.84 Å². The van der Waals surface area contributed by atoms with Crippen LogP contribution in [0.3, 0.4) is 0 Å². The second-order valence-electron chi connectivity index (χ2n) is 6.17. The van der Waals surface area contributed by atoms with E-state index in [2.05, 4.69) is 25.8 Å². The van der Waals surface area contributed by atoms with E-state index in [0.29, 0.717) is 22.9 Å². The van der Waals surface area contributed by atoms with Crippen LogP contribution in [0, 0.1) is 6.92 Å². The van der Waals surface area contributed by atoms with Crippen LogP contribution in [0.25, 0.3) is 11.5 Å². The highest BCUT2D eigenvalue weighted by Gasteiger charge is 2.18. The summed E-state index contributed by atoms with van der Waals surface area (Å²) < 4.78 is 6.71. The lowest BCUT2D eigenvalue weighted by Gasteiger charge is -2.01. The van der Waals surface area contributed by atoms with Gasteiger partial charge >= 0.3 is 11.8 Å². The number of nitrogens with zero attached hydrogens (tertiary/aromatic N) is 5. The zero-order valence-corrected chi connectivity index (χ0v) is 15.6. The number of hydrogen-bond donors (Lipinski definition) is 1. The summed E-state index contributed by atoms with van der Waals surface area (Å²) >= 11 is 5.83. The van der Waals surface area contributed by atoms with Crippen LogP contribution in [-0.2, 0) is 6.54 Å². The summed E-state index contributed by atoms with van der Waals surface area (Å²) in [5, 5.41) is 15.2. The molecule has 0 bridgehead atoms. The standard InChI is InChI=1S/C19H15ClN6O2/c1-12-2-4-13(5-3-12)10-26-11-16(23-25-26)17-22-19(28-24-17)18(27)21-15-8-6-14(20)7-9-15/h2-9,11H,10H2,1H3,(H,21,27). The molecule has 4 aromatic rings. The van der Waals surface area contributed by atoms with Crippen LogP contribution >= 0.6 is 11.6 Å². The van der Waals surface area contributed by atoms with Crippen LogP contribution in [0.5, 0.6) is 0 Å². The predicted molar refractivity (Wildman–Crippen MR) is 103 cm³/mol. The lowest BCUT2D eigenvalue weighted by molar-refractivity contribution is 0.0981. The van der Waals surface area contributed by atoms with Crippen molar-refractivity contribution in [3.8, 4) is 11.5 Å². The number of benzene rings is 2. The van der Waals surface area contributed by atoms with Crippen molar-refractivity contribution in [1.82, 2.24) is 25.1 Å². The summed E-state index contributed by atoms with van der Waals surface area (Å²) in [6.07, 6.45) is 1.70. The summed E-state index contributed by atoms with van der Waals surface area (Å²) in [5.74, 6) is -0.498. The molecule has 0 saturated carbocycles. The zero-order chi connectivity index (χ0) is 19.5. The van der Waals surface area contributed by atoms with Crippen LogP contribution < -0.4 is 5.32 Å². The molecule has 9 heteroatoms. The molecule has 2 aromatic heterocycles. The molecule has 8 nitrogen and oxygen atoms in total. The van der Waals surface area contributed by atoms with Gasteiger partial charge in [-0.25, -0.2) is 4.68 Å². The molecule has 0 atom stereocenters. The van der Waals surface area contributed by atoms with E-state index in [1.165, 1.54) is 5.56 Å². The maximum absolute atomic E-state index is 12.2. The van der Waals surface area contributed by atoms with E-state index >= 15 is 0 Å². The molecule has 28 heavy (non-hydrogen) atoms. The highest BCUT2D eigenvalue weighted by Crippen LogP contribution is 2.16. The van der Waals surface area contributed by atoms with E-state index < -0.39 is 5.91 Å². The second kappa shape index (κ2) is 7.61. The molecular formula is C19H15ClN6O2. The zero-order valence-electron chi connectivity index (χ0n) is 14.8. The lowest BCUT2D eigenvalue weighted by Crippen LogP contribution is -2.12. The average molecular weight is 395 g/mol. The topological polar surface area (TPSA) is 98.7 Å². The number of aromatic nitrogens is 5. The summed E-state index contributed by atoms with van der Waals surface area (Å²) in [6.45, 7) is 2.60. The fourth-order valence-corrected chi connectivity index (χ4v) is 2.62. The van der Waals surface area contributed by atoms with E-state index in [1.807, 2.05) is 31.2 Å². The number of hydrogen-bond acceptors (Lipinski definition) is 6. The van der Waals surface area contributed by atoms with Crippen molar-refractivity contribution in [3.05, 3.63) is 76.8 Å². The fourth-order valence-electron chi connectivity index (χ4n) is 2.50. The van der Waals surface area contributed by atoms with Gasteiger partial charge in [-0.1, -0.05) is 51.8 Å². The minimum atomic E-state index is -0.520. The first-order chi connectivity index (χ1) is 13.6. The van der Waals surface area contributed by atoms with Gasteiger partial charge in [0.1, 0.15) is 0 Å². The molecule has 4 rings (SSSR count). The quantitative estimate of drug-likeness (QED) is 0.555. The number of rotatable bonds is 5. The molecule has 2 heterocycles. The minimum Gasteiger partial charge on any atom is -0.328 e. The number of nitrogens with one attached hydrogen (secondary N) is 1. The number of halogens is 1. The van der Waals surface area contributed by atoms with Gasteiger partial charge in [0.15, 0.2) is 5.69 Å². The van der Waals surface area contributed by atoms with Gasteiger partial charge in [0.2, 0.25) is 5.82 Å². The third-order valence-corrected chi connectivity index (χ3v) is 4.21. The maximum atomic E-state index is 12.2. The summed E-state index contributed by atoms with van der Waals surface area (Å²) in [6, 6.07) is 14.8. The van der Waals surface area contributed by atoms with Crippen molar-refractivity contribution >= 4 is 23.2 Å². The number of amides is 1. The van der Waals surface area contributed by atoms with Gasteiger partial charge in [-0.05, 0) is 36.8 Å². The first-order valence-corrected chi connectivity index (χ1v) is 8.81. The Kier molecular flexibility index (Phi) is 4.86. The van der Waals surface area contributed by atoms with Gasteiger partial charge in [-0.2, -0.15) is 4.98 Å². The first kappa shape index (κ1) is 17.9. The Bertz CT molecular complexity index is 1100. The third kappa shape index (κ3) is 4.07. The summed E-state index contributed by atoms with van der Waals surface area (Å²) in [4.78, 5) is 16.3. The normalized spacial score (nSPS) is 10.8. The van der Waals surface area contributed by atoms with E-state index in [9.17, 15) is 4.79 Å². The van der Waals surface area contributed by atoms with E-state index in [1.54, 1.807) is 35.1 Å². The van der Waals surface area contributed by atoms with E-state index in [4.69, 9.17) is 16.1 Å². The fraction of sp³-hybridized carbons (Fsp3) is 0.105. The number of carbonyl (C=O) groups excluding carboxylic acids is 1. The molecule has 0 aliphatic heterocycles.